The lowest BCUT2D eigenvalue weighted by atomic mass is 9.92. The van der Waals surface area contributed by atoms with Crippen molar-refractivity contribution < 1.29 is 31.4 Å². The van der Waals surface area contributed by atoms with E-state index in [0.717, 1.165) is 12.1 Å². The van der Waals surface area contributed by atoms with Crippen LogP contribution in [0.5, 0.6) is 0 Å². The molecule has 0 aliphatic carbocycles. The zero-order valence-electron chi connectivity index (χ0n) is 14.1. The zero-order valence-corrected chi connectivity index (χ0v) is 14.1. The van der Waals surface area contributed by atoms with E-state index in [1.54, 1.807) is 13.8 Å². The predicted molar refractivity (Wildman–Crippen MR) is 83.2 cm³/mol. The van der Waals surface area contributed by atoms with Gasteiger partial charge in [0.05, 0.1) is 11.9 Å². The van der Waals surface area contributed by atoms with Crippen molar-refractivity contribution in [2.24, 2.45) is 5.18 Å². The second kappa shape index (κ2) is 6.95. The Balaban J connectivity index is 2.59. The van der Waals surface area contributed by atoms with Crippen LogP contribution in [0.3, 0.4) is 0 Å². The molecule has 0 unspecified atom stereocenters. The minimum absolute atomic E-state index is 0.146. The molecule has 1 N–H and O–H groups in total. The molecule has 27 heavy (non-hydrogen) atoms. The highest BCUT2D eigenvalue weighted by Gasteiger charge is 2.71. The molecule has 11 heteroatoms. The number of benzene rings is 1. The zero-order chi connectivity index (χ0) is 20.6. The van der Waals surface area contributed by atoms with Crippen LogP contribution >= 0.6 is 0 Å². The summed E-state index contributed by atoms with van der Waals surface area (Å²) in [5.41, 5.74) is -5.86. The van der Waals surface area contributed by atoms with Crippen molar-refractivity contribution in [2.45, 2.75) is 44.3 Å². The fraction of sp³-hybridized carbons (Fsp3) is 0.438. The van der Waals surface area contributed by atoms with E-state index in [2.05, 4.69) is 10.2 Å². The van der Waals surface area contributed by atoms with Crippen molar-refractivity contribution >= 4 is 0 Å². The third-order valence-electron chi connectivity index (χ3n) is 3.97. The Morgan fingerprint density at radius 1 is 1.07 bits per heavy atom. The minimum Gasteiger partial charge on any atom is -0.369 e. The SMILES string of the molecule is CC(C)c1ncc(CN=O)n1-c1ccc(C(O)(C(F)(F)F)C(F)(F)F)cc1. The highest BCUT2D eigenvalue weighted by atomic mass is 19.4. The van der Waals surface area contributed by atoms with E-state index in [1.807, 2.05) is 0 Å². The molecule has 0 saturated carbocycles. The van der Waals surface area contributed by atoms with Gasteiger partial charge in [-0.25, -0.2) is 4.98 Å². The van der Waals surface area contributed by atoms with Gasteiger partial charge in [0.25, 0.3) is 5.60 Å². The predicted octanol–water partition coefficient (Wildman–Crippen LogP) is 4.57. The fourth-order valence-electron chi connectivity index (χ4n) is 2.63. The monoisotopic (exact) mass is 395 g/mol. The first-order valence-electron chi connectivity index (χ1n) is 7.67. The lowest BCUT2D eigenvalue weighted by Crippen LogP contribution is -2.53. The summed E-state index contributed by atoms with van der Waals surface area (Å²) in [6.07, 6.45) is -10.6. The van der Waals surface area contributed by atoms with Crippen LogP contribution in [-0.2, 0) is 12.1 Å². The summed E-state index contributed by atoms with van der Waals surface area (Å²) < 4.78 is 79.2. The molecular formula is C16H15F6N3O2. The topological polar surface area (TPSA) is 67.5 Å². The van der Waals surface area contributed by atoms with Crippen LogP contribution in [0.4, 0.5) is 26.3 Å². The van der Waals surface area contributed by atoms with E-state index in [-0.39, 0.29) is 18.2 Å². The van der Waals surface area contributed by atoms with Crippen LogP contribution in [0.2, 0.25) is 0 Å². The van der Waals surface area contributed by atoms with Gasteiger partial charge in [-0.3, -0.25) is 4.57 Å². The smallest absolute Gasteiger partial charge is 0.369 e. The Bertz CT molecular complexity index is 795. The summed E-state index contributed by atoms with van der Waals surface area (Å²) in [4.78, 5) is 14.7. The Labute approximate surface area is 149 Å². The molecule has 148 valence electrons. The molecule has 0 amide bonds. The van der Waals surface area contributed by atoms with Gasteiger partial charge in [0.2, 0.25) is 0 Å². The first-order chi connectivity index (χ1) is 12.3. The number of nitrogens with zero attached hydrogens (tertiary/aromatic N) is 3. The van der Waals surface area contributed by atoms with Gasteiger partial charge in [-0.05, 0) is 12.1 Å². The number of rotatable bonds is 5. The van der Waals surface area contributed by atoms with Crippen LogP contribution in [0.25, 0.3) is 5.69 Å². The van der Waals surface area contributed by atoms with E-state index in [0.29, 0.717) is 23.7 Å². The Morgan fingerprint density at radius 2 is 1.59 bits per heavy atom. The largest absolute Gasteiger partial charge is 0.430 e. The molecule has 2 aromatic rings. The van der Waals surface area contributed by atoms with Crippen LogP contribution in [0.1, 0.15) is 36.8 Å². The standard InChI is InChI=1S/C16H15F6N3O2/c1-9(2)13-23-7-12(8-24-27)25(13)11-5-3-10(4-6-11)14(26,15(17,18)19)16(20,21)22/h3-7,9,26H,8H2,1-2H3. The summed E-state index contributed by atoms with van der Waals surface area (Å²) >= 11 is 0. The van der Waals surface area contributed by atoms with Crippen molar-refractivity contribution in [1.29, 1.82) is 0 Å². The van der Waals surface area contributed by atoms with Crippen molar-refractivity contribution in [3.8, 4) is 5.69 Å². The van der Waals surface area contributed by atoms with Gasteiger partial charge >= 0.3 is 12.4 Å². The fourth-order valence-corrected chi connectivity index (χ4v) is 2.63. The molecule has 1 aromatic heterocycles. The molecule has 0 aliphatic rings. The molecular weight excluding hydrogens is 380 g/mol. The van der Waals surface area contributed by atoms with Crippen molar-refractivity contribution in [2.75, 3.05) is 0 Å². The maximum atomic E-state index is 13.0. The highest BCUT2D eigenvalue weighted by Crippen LogP contribution is 2.50. The average molecular weight is 395 g/mol. The van der Waals surface area contributed by atoms with Crippen molar-refractivity contribution in [1.82, 2.24) is 9.55 Å². The van der Waals surface area contributed by atoms with Gasteiger partial charge in [0.15, 0.2) is 0 Å². The summed E-state index contributed by atoms with van der Waals surface area (Å²) in [5.74, 6) is 0.302. The van der Waals surface area contributed by atoms with Gasteiger partial charge < -0.3 is 5.11 Å². The summed E-state index contributed by atoms with van der Waals surface area (Å²) in [6, 6.07) is 3.05. The van der Waals surface area contributed by atoms with Gasteiger partial charge in [-0.1, -0.05) is 31.2 Å². The lowest BCUT2D eigenvalue weighted by molar-refractivity contribution is -0.376. The molecule has 0 atom stereocenters. The maximum Gasteiger partial charge on any atom is 0.430 e. The van der Waals surface area contributed by atoms with Crippen molar-refractivity contribution in [3.05, 3.63) is 52.5 Å². The number of aromatic nitrogens is 2. The Hall–Kier alpha value is -2.43. The molecule has 5 nitrogen and oxygen atoms in total. The minimum atomic E-state index is -5.96. The molecule has 1 aromatic carbocycles. The van der Waals surface area contributed by atoms with Gasteiger partial charge in [-0.15, -0.1) is 0 Å². The first-order valence-corrected chi connectivity index (χ1v) is 7.67. The number of halogens is 6. The third-order valence-corrected chi connectivity index (χ3v) is 3.97. The molecule has 0 fully saturated rings. The second-order valence-corrected chi connectivity index (χ2v) is 6.14. The lowest BCUT2D eigenvalue weighted by Gasteiger charge is -2.32. The molecule has 0 spiro atoms. The molecule has 1 heterocycles. The third kappa shape index (κ3) is 3.55. The van der Waals surface area contributed by atoms with E-state index >= 15 is 0 Å². The van der Waals surface area contributed by atoms with Crippen LogP contribution in [-0.4, -0.2) is 27.0 Å². The van der Waals surface area contributed by atoms with Gasteiger partial charge in [0, 0.05) is 17.2 Å². The van der Waals surface area contributed by atoms with Crippen molar-refractivity contribution in [3.63, 3.8) is 0 Å². The number of hydrogen-bond donors (Lipinski definition) is 1. The molecule has 0 saturated heterocycles. The van der Waals surface area contributed by atoms with Gasteiger partial charge in [0.1, 0.15) is 12.4 Å². The van der Waals surface area contributed by atoms with Crippen LogP contribution < -0.4 is 0 Å². The highest BCUT2D eigenvalue weighted by molar-refractivity contribution is 5.41. The number of aliphatic hydroxyl groups is 1. The summed E-state index contributed by atoms with van der Waals surface area (Å²) in [5, 5.41) is 12.2. The quantitative estimate of drug-likeness (QED) is 0.596. The number of alkyl halides is 6. The van der Waals surface area contributed by atoms with Crippen LogP contribution in [0.15, 0.2) is 35.6 Å². The van der Waals surface area contributed by atoms with Crippen LogP contribution in [0, 0.1) is 4.91 Å². The Kier molecular flexibility index (Phi) is 5.37. The Morgan fingerprint density at radius 3 is 2.00 bits per heavy atom. The normalized spacial score (nSPS) is 13.3. The molecule has 0 radical (unpaired) electrons. The molecule has 0 aliphatic heterocycles. The number of imidazole rings is 1. The number of hydrogen-bond acceptors (Lipinski definition) is 4. The van der Waals surface area contributed by atoms with E-state index < -0.39 is 23.5 Å². The molecule has 0 bridgehead atoms. The van der Waals surface area contributed by atoms with E-state index in [1.165, 1.54) is 10.8 Å². The van der Waals surface area contributed by atoms with E-state index in [9.17, 15) is 36.4 Å². The van der Waals surface area contributed by atoms with E-state index in [4.69, 9.17) is 0 Å². The summed E-state index contributed by atoms with van der Waals surface area (Å²) in [6.45, 7) is 3.27. The summed E-state index contributed by atoms with van der Waals surface area (Å²) in [7, 11) is 0. The number of nitroso groups, excluding NO2 is 1. The average Bonchev–Trinajstić information content (AvgIpc) is 2.96. The van der Waals surface area contributed by atoms with Gasteiger partial charge in [-0.2, -0.15) is 31.2 Å². The molecule has 2 rings (SSSR count). The first kappa shape index (κ1) is 20.9. The maximum absolute atomic E-state index is 13.0. The second-order valence-electron chi connectivity index (χ2n) is 6.14.